The molecule has 4 aliphatic heterocycles. The number of carbonyl (C=O) groups excluding carboxylic acids is 1. The van der Waals surface area contributed by atoms with Crippen LogP contribution in [0.4, 0.5) is 14.6 Å². The Morgan fingerprint density at radius 1 is 1.28 bits per heavy atom. The number of benzene rings is 1. The molecule has 0 aromatic heterocycles. The quantitative estimate of drug-likeness (QED) is 0.633. The van der Waals surface area contributed by atoms with Crippen molar-refractivity contribution in [3.63, 3.8) is 0 Å². The number of likely N-dealkylation sites (tertiary alicyclic amines) is 1. The van der Waals surface area contributed by atoms with Crippen LogP contribution in [0, 0.1) is 11.6 Å². The van der Waals surface area contributed by atoms with Gasteiger partial charge in [-0.1, -0.05) is 6.58 Å². The minimum atomic E-state index is -0.784. The summed E-state index contributed by atoms with van der Waals surface area (Å²) >= 11 is 0. The Labute approximate surface area is 182 Å². The van der Waals surface area contributed by atoms with Gasteiger partial charge >= 0.3 is 0 Å². The zero-order valence-electron chi connectivity index (χ0n) is 17.1. The van der Waals surface area contributed by atoms with Crippen molar-refractivity contribution in [1.29, 1.82) is 0 Å². The van der Waals surface area contributed by atoms with Crippen LogP contribution in [0.2, 0.25) is 0 Å². The molecule has 0 bridgehead atoms. The Hall–Kier alpha value is -3.82. The van der Waals surface area contributed by atoms with Gasteiger partial charge in [-0.05, 0) is 30.7 Å². The fourth-order valence-electron chi connectivity index (χ4n) is 3.98. The van der Waals surface area contributed by atoms with Gasteiger partial charge in [-0.3, -0.25) is 4.79 Å². The molecule has 0 saturated carbocycles. The van der Waals surface area contributed by atoms with Crippen molar-refractivity contribution in [2.24, 2.45) is 4.99 Å². The molecule has 10 heteroatoms. The van der Waals surface area contributed by atoms with Crippen molar-refractivity contribution in [3.8, 4) is 22.9 Å². The highest BCUT2D eigenvalue weighted by molar-refractivity contribution is 5.87. The first-order valence-corrected chi connectivity index (χ1v) is 10.2. The molecule has 1 fully saturated rings. The molecule has 1 aromatic carbocycles. The van der Waals surface area contributed by atoms with Gasteiger partial charge < -0.3 is 19.5 Å². The van der Waals surface area contributed by atoms with E-state index in [0.29, 0.717) is 54.8 Å². The third-order valence-corrected chi connectivity index (χ3v) is 5.52. The van der Waals surface area contributed by atoms with Gasteiger partial charge in [-0.25, -0.2) is 18.8 Å². The molecule has 1 amide bonds. The highest BCUT2D eigenvalue weighted by Gasteiger charge is 2.26. The van der Waals surface area contributed by atoms with Crippen LogP contribution in [-0.2, 0) is 11.3 Å². The number of anilines is 1. The van der Waals surface area contributed by atoms with E-state index in [2.05, 4.69) is 26.9 Å². The number of carbonyl (C=O) groups is 1. The van der Waals surface area contributed by atoms with Gasteiger partial charge in [-0.2, -0.15) is 4.98 Å². The first kappa shape index (κ1) is 20.1. The minimum Gasteiger partial charge on any atom is -0.450 e. The number of pyridine rings is 1. The summed E-state index contributed by atoms with van der Waals surface area (Å²) in [7, 11) is 0. The summed E-state index contributed by atoms with van der Waals surface area (Å²) in [5.74, 6) is 0.0736. The number of fused-ring (bicyclic) bond motifs is 3. The summed E-state index contributed by atoms with van der Waals surface area (Å²) in [6.45, 7) is 5.94. The van der Waals surface area contributed by atoms with Crippen molar-refractivity contribution in [3.05, 3.63) is 60.4 Å². The number of rotatable bonds is 4. The molecule has 1 aromatic rings. The number of nitrogens with zero attached hydrogens (tertiary/aromatic N) is 5. The summed E-state index contributed by atoms with van der Waals surface area (Å²) < 4.78 is 35.0. The highest BCUT2D eigenvalue weighted by atomic mass is 19.1. The zero-order valence-corrected chi connectivity index (χ0v) is 17.1. The van der Waals surface area contributed by atoms with Crippen molar-refractivity contribution in [2.75, 3.05) is 25.0 Å². The average molecular weight is 438 g/mol. The van der Waals surface area contributed by atoms with Crippen molar-refractivity contribution >= 4 is 11.7 Å². The lowest BCUT2D eigenvalue weighted by Gasteiger charge is -2.17. The Morgan fingerprint density at radius 3 is 2.97 bits per heavy atom. The van der Waals surface area contributed by atoms with E-state index in [0.717, 1.165) is 18.6 Å². The van der Waals surface area contributed by atoms with Gasteiger partial charge in [-0.15, -0.1) is 0 Å². The normalized spacial score (nSPS) is 18.0. The van der Waals surface area contributed by atoms with Crippen molar-refractivity contribution in [2.45, 2.75) is 19.0 Å². The SMILES string of the molecule is C=CC(=O)N1CCC(N=c2ncc3cc(Oc4ccc(F)cc4F)c4n(c-3n2)CCN4)C1. The molecule has 0 radical (unpaired) electrons. The standard InChI is InChI=1S/C22H20F2N6O2/c1-2-19(31)29-7-5-15(12-29)27-22-26-11-13-9-18(21-25-6-8-30(21)20(13)28-22)32-17-4-3-14(23)10-16(17)24/h2-4,9-11,15,25H,1,5-8,12H2. The molecular formula is C22H20F2N6O2. The van der Waals surface area contributed by atoms with Gasteiger partial charge in [0.2, 0.25) is 11.5 Å². The van der Waals surface area contributed by atoms with Crippen molar-refractivity contribution < 1.29 is 18.3 Å². The van der Waals surface area contributed by atoms with Crippen LogP contribution in [0.5, 0.6) is 11.5 Å². The van der Waals surface area contributed by atoms with E-state index < -0.39 is 11.6 Å². The summed E-state index contributed by atoms with van der Waals surface area (Å²) in [5, 5.41) is 3.23. The molecule has 5 rings (SSSR count). The van der Waals surface area contributed by atoms with E-state index in [1.807, 2.05) is 4.57 Å². The van der Waals surface area contributed by atoms with Gasteiger partial charge in [0.25, 0.3) is 0 Å². The summed E-state index contributed by atoms with van der Waals surface area (Å²) in [4.78, 5) is 27.1. The smallest absolute Gasteiger partial charge is 0.246 e. The first-order valence-electron chi connectivity index (χ1n) is 10.2. The maximum Gasteiger partial charge on any atom is 0.246 e. The predicted molar refractivity (Wildman–Crippen MR) is 112 cm³/mol. The number of nitrogens with one attached hydrogen (secondary N) is 1. The molecule has 0 aliphatic carbocycles. The number of hydrogen-bond acceptors (Lipinski definition) is 6. The largest absolute Gasteiger partial charge is 0.450 e. The monoisotopic (exact) mass is 438 g/mol. The van der Waals surface area contributed by atoms with Gasteiger partial charge in [0.1, 0.15) is 11.6 Å². The lowest BCUT2D eigenvalue weighted by atomic mass is 10.2. The van der Waals surface area contributed by atoms with E-state index >= 15 is 0 Å². The molecule has 1 saturated heterocycles. The Bertz CT molecular complexity index is 1260. The Kier molecular flexibility index (Phi) is 5.04. The number of aromatic nitrogens is 3. The maximum absolute atomic E-state index is 14.1. The second-order valence-electron chi connectivity index (χ2n) is 7.62. The average Bonchev–Trinajstić information content (AvgIpc) is 3.46. The predicted octanol–water partition coefficient (Wildman–Crippen LogP) is 2.57. The van der Waals surface area contributed by atoms with E-state index in [1.165, 1.54) is 12.1 Å². The molecular weight excluding hydrogens is 418 g/mol. The molecule has 32 heavy (non-hydrogen) atoms. The van der Waals surface area contributed by atoms with E-state index in [4.69, 9.17) is 4.74 Å². The molecule has 1 N–H and O–H groups in total. The van der Waals surface area contributed by atoms with Crippen LogP contribution in [-0.4, -0.2) is 51.0 Å². The number of amides is 1. The van der Waals surface area contributed by atoms with Gasteiger partial charge in [0.15, 0.2) is 23.1 Å². The lowest BCUT2D eigenvalue weighted by molar-refractivity contribution is -0.125. The molecule has 4 aliphatic rings. The number of halogens is 2. The Balaban J connectivity index is 1.49. The lowest BCUT2D eigenvalue weighted by Crippen LogP contribution is -2.28. The third-order valence-electron chi connectivity index (χ3n) is 5.52. The minimum absolute atomic E-state index is 0.0726. The number of hydrogen-bond donors (Lipinski definition) is 1. The van der Waals surface area contributed by atoms with E-state index in [1.54, 1.807) is 17.2 Å². The summed E-state index contributed by atoms with van der Waals surface area (Å²) in [6, 6.07) is 4.81. The summed E-state index contributed by atoms with van der Waals surface area (Å²) in [5.41, 5.74) is 1.04. The first-order chi connectivity index (χ1) is 15.5. The van der Waals surface area contributed by atoms with Crippen LogP contribution in [0.15, 0.2) is 48.1 Å². The number of ether oxygens (including phenoxy) is 1. The summed E-state index contributed by atoms with van der Waals surface area (Å²) in [6.07, 6.45) is 3.69. The zero-order chi connectivity index (χ0) is 22.2. The fourth-order valence-corrected chi connectivity index (χ4v) is 3.98. The van der Waals surface area contributed by atoms with Crippen molar-refractivity contribution in [1.82, 2.24) is 19.4 Å². The molecule has 4 heterocycles. The van der Waals surface area contributed by atoms with Crippen LogP contribution < -0.4 is 15.7 Å². The molecule has 164 valence electrons. The topological polar surface area (TPSA) is 84.6 Å². The fraction of sp³-hybridized carbons (Fsp3) is 0.273. The Morgan fingerprint density at radius 2 is 2.16 bits per heavy atom. The highest BCUT2D eigenvalue weighted by Crippen LogP contribution is 2.38. The molecule has 1 atom stereocenters. The second-order valence-corrected chi connectivity index (χ2v) is 7.62. The molecule has 8 nitrogen and oxygen atoms in total. The van der Waals surface area contributed by atoms with Gasteiger partial charge in [0.05, 0.1) is 6.04 Å². The van der Waals surface area contributed by atoms with Crippen LogP contribution in [0.25, 0.3) is 11.4 Å². The van der Waals surface area contributed by atoms with Crippen LogP contribution >= 0.6 is 0 Å². The second kappa shape index (κ2) is 8.03. The molecule has 1 unspecified atom stereocenters. The van der Waals surface area contributed by atoms with Crippen LogP contribution in [0.3, 0.4) is 0 Å². The molecule has 0 spiro atoms. The maximum atomic E-state index is 14.1. The van der Waals surface area contributed by atoms with Gasteiger partial charge in [0, 0.05) is 44.0 Å². The third kappa shape index (κ3) is 3.68. The van der Waals surface area contributed by atoms with E-state index in [-0.39, 0.29) is 17.7 Å². The van der Waals surface area contributed by atoms with Crippen LogP contribution in [0.1, 0.15) is 6.42 Å². The van der Waals surface area contributed by atoms with E-state index in [9.17, 15) is 13.6 Å².